The second-order valence-electron chi connectivity index (χ2n) is 6.29. The number of carboxylic acid groups (broad SMARTS) is 1. The molecule has 0 aliphatic carbocycles. The van der Waals surface area contributed by atoms with E-state index in [0.717, 1.165) is 43.3 Å². The Morgan fingerprint density at radius 2 is 1.92 bits per heavy atom. The first-order valence-corrected chi connectivity index (χ1v) is 8.19. The third kappa shape index (κ3) is 4.24. The van der Waals surface area contributed by atoms with E-state index in [2.05, 4.69) is 34.9 Å². The molecule has 1 aliphatic heterocycles. The van der Waals surface area contributed by atoms with Gasteiger partial charge in [0.25, 0.3) is 0 Å². The van der Waals surface area contributed by atoms with Crippen LogP contribution in [0.3, 0.4) is 0 Å². The number of carboxylic acids is 1. The Bertz CT molecular complexity index is 702. The van der Waals surface area contributed by atoms with Crippen LogP contribution in [0.5, 0.6) is 0 Å². The summed E-state index contributed by atoms with van der Waals surface area (Å²) < 4.78 is 0. The molecule has 0 bridgehead atoms. The molecular formula is C20H22N2O2. The smallest absolute Gasteiger partial charge is 0.328 e. The summed E-state index contributed by atoms with van der Waals surface area (Å²) in [6.07, 6.45) is 4.80. The summed E-state index contributed by atoms with van der Waals surface area (Å²) in [5.41, 5.74) is 3.28. The van der Waals surface area contributed by atoms with Gasteiger partial charge in [0.2, 0.25) is 0 Å². The molecule has 4 heteroatoms. The maximum atomic E-state index is 10.6. The Balaban J connectivity index is 1.73. The average Bonchev–Trinajstić information content (AvgIpc) is 3.03. The highest BCUT2D eigenvalue weighted by molar-refractivity contribution is 5.85. The Morgan fingerprint density at radius 1 is 1.17 bits per heavy atom. The van der Waals surface area contributed by atoms with Crippen molar-refractivity contribution in [2.75, 3.05) is 18.4 Å². The number of anilines is 1. The predicted molar refractivity (Wildman–Crippen MR) is 97.1 cm³/mol. The van der Waals surface area contributed by atoms with Crippen molar-refractivity contribution < 1.29 is 9.90 Å². The van der Waals surface area contributed by atoms with Crippen LogP contribution in [0.15, 0.2) is 60.7 Å². The monoisotopic (exact) mass is 322 g/mol. The summed E-state index contributed by atoms with van der Waals surface area (Å²) in [5, 5.41) is 15.8. The number of hydrogen-bond acceptors (Lipinski definition) is 3. The molecule has 3 rings (SSSR count). The SMILES string of the molecule is O=C(O)/C=C/c1ccc(N[C@]2(Cc3ccccc3)CCNC2)cc1. The minimum absolute atomic E-state index is 0.0137. The van der Waals surface area contributed by atoms with Crippen LogP contribution >= 0.6 is 0 Å². The Morgan fingerprint density at radius 3 is 2.54 bits per heavy atom. The molecule has 2 aromatic rings. The molecule has 24 heavy (non-hydrogen) atoms. The molecule has 0 spiro atoms. The quantitative estimate of drug-likeness (QED) is 0.715. The fraction of sp³-hybridized carbons (Fsp3) is 0.250. The van der Waals surface area contributed by atoms with Crippen LogP contribution in [0, 0.1) is 0 Å². The first-order valence-electron chi connectivity index (χ1n) is 8.19. The number of aliphatic carboxylic acids is 1. The maximum absolute atomic E-state index is 10.6. The largest absolute Gasteiger partial charge is 0.478 e. The van der Waals surface area contributed by atoms with Gasteiger partial charge in [0.1, 0.15) is 0 Å². The fourth-order valence-electron chi connectivity index (χ4n) is 3.18. The zero-order chi connectivity index (χ0) is 16.8. The average molecular weight is 322 g/mol. The lowest BCUT2D eigenvalue weighted by molar-refractivity contribution is -0.131. The van der Waals surface area contributed by atoms with Crippen LogP contribution in [0.25, 0.3) is 6.08 Å². The van der Waals surface area contributed by atoms with E-state index in [-0.39, 0.29) is 5.54 Å². The lowest BCUT2D eigenvalue weighted by atomic mass is 9.89. The van der Waals surface area contributed by atoms with Gasteiger partial charge in [0.05, 0.1) is 5.54 Å². The standard InChI is InChI=1S/C20H22N2O2/c23-19(24)11-8-16-6-9-18(10-7-16)22-20(12-13-21-15-20)14-17-4-2-1-3-5-17/h1-11,21-22H,12-15H2,(H,23,24)/b11-8+/t20-/m0/s1. The van der Waals surface area contributed by atoms with E-state index in [1.54, 1.807) is 6.08 Å². The lowest BCUT2D eigenvalue weighted by Crippen LogP contribution is -2.42. The zero-order valence-corrected chi connectivity index (χ0v) is 13.5. The predicted octanol–water partition coefficient (Wildman–Crippen LogP) is 3.17. The van der Waals surface area contributed by atoms with E-state index in [1.807, 2.05) is 30.3 Å². The Kier molecular flexibility index (Phi) is 4.96. The molecule has 1 fully saturated rings. The van der Waals surface area contributed by atoms with E-state index in [4.69, 9.17) is 5.11 Å². The van der Waals surface area contributed by atoms with Crippen molar-refractivity contribution in [2.45, 2.75) is 18.4 Å². The van der Waals surface area contributed by atoms with Gasteiger partial charge in [-0.1, -0.05) is 42.5 Å². The van der Waals surface area contributed by atoms with E-state index in [0.29, 0.717) is 0 Å². The van der Waals surface area contributed by atoms with Gasteiger partial charge >= 0.3 is 5.97 Å². The van der Waals surface area contributed by atoms with Crippen molar-refractivity contribution in [3.8, 4) is 0 Å². The molecule has 4 nitrogen and oxygen atoms in total. The first-order chi connectivity index (χ1) is 11.7. The Hall–Kier alpha value is -2.59. The number of hydrogen-bond donors (Lipinski definition) is 3. The highest BCUT2D eigenvalue weighted by Crippen LogP contribution is 2.26. The molecule has 0 unspecified atom stereocenters. The zero-order valence-electron chi connectivity index (χ0n) is 13.5. The molecule has 0 aromatic heterocycles. The number of benzene rings is 2. The molecule has 1 aliphatic rings. The molecule has 0 amide bonds. The molecular weight excluding hydrogens is 300 g/mol. The normalized spacial score (nSPS) is 20.3. The molecule has 1 heterocycles. The van der Waals surface area contributed by atoms with Crippen molar-refractivity contribution in [3.05, 3.63) is 71.8 Å². The highest BCUT2D eigenvalue weighted by Gasteiger charge is 2.33. The van der Waals surface area contributed by atoms with Crippen molar-refractivity contribution in [2.24, 2.45) is 0 Å². The van der Waals surface area contributed by atoms with E-state index in [9.17, 15) is 4.79 Å². The molecule has 0 radical (unpaired) electrons. The molecule has 0 saturated carbocycles. The van der Waals surface area contributed by atoms with E-state index < -0.39 is 5.97 Å². The topological polar surface area (TPSA) is 61.4 Å². The number of carbonyl (C=O) groups is 1. The van der Waals surface area contributed by atoms with Crippen LogP contribution in [-0.4, -0.2) is 29.7 Å². The summed E-state index contributed by atoms with van der Waals surface area (Å²) in [5.74, 6) is -0.934. The van der Waals surface area contributed by atoms with Gasteiger partial charge in [0.15, 0.2) is 0 Å². The van der Waals surface area contributed by atoms with Gasteiger partial charge in [-0.15, -0.1) is 0 Å². The molecule has 2 aromatic carbocycles. The maximum Gasteiger partial charge on any atom is 0.328 e. The van der Waals surface area contributed by atoms with Gasteiger partial charge in [0, 0.05) is 18.3 Å². The second kappa shape index (κ2) is 7.32. The summed E-state index contributed by atoms with van der Waals surface area (Å²) >= 11 is 0. The van der Waals surface area contributed by atoms with Gasteiger partial charge < -0.3 is 15.7 Å². The third-order valence-corrected chi connectivity index (χ3v) is 4.37. The lowest BCUT2D eigenvalue weighted by Gasteiger charge is -2.31. The van der Waals surface area contributed by atoms with Gasteiger partial charge in [-0.2, -0.15) is 0 Å². The summed E-state index contributed by atoms with van der Waals surface area (Å²) in [7, 11) is 0. The van der Waals surface area contributed by atoms with E-state index in [1.165, 1.54) is 5.56 Å². The van der Waals surface area contributed by atoms with Gasteiger partial charge in [-0.25, -0.2) is 4.79 Å². The summed E-state index contributed by atoms with van der Waals surface area (Å²) in [6.45, 7) is 1.95. The number of nitrogens with one attached hydrogen (secondary N) is 2. The van der Waals surface area contributed by atoms with Crippen molar-refractivity contribution in [3.63, 3.8) is 0 Å². The van der Waals surface area contributed by atoms with Crippen molar-refractivity contribution in [1.82, 2.24) is 5.32 Å². The molecule has 124 valence electrons. The van der Waals surface area contributed by atoms with Crippen LogP contribution in [-0.2, 0) is 11.2 Å². The number of rotatable bonds is 6. The van der Waals surface area contributed by atoms with Crippen molar-refractivity contribution >= 4 is 17.7 Å². The first kappa shape index (κ1) is 16.3. The van der Waals surface area contributed by atoms with Crippen molar-refractivity contribution in [1.29, 1.82) is 0 Å². The third-order valence-electron chi connectivity index (χ3n) is 4.37. The minimum Gasteiger partial charge on any atom is -0.478 e. The van der Waals surface area contributed by atoms with Gasteiger partial charge in [-0.05, 0) is 48.7 Å². The van der Waals surface area contributed by atoms with Crippen LogP contribution < -0.4 is 10.6 Å². The Labute approximate surface area is 142 Å². The minimum atomic E-state index is -0.934. The molecule has 1 saturated heterocycles. The van der Waals surface area contributed by atoms with Crippen LogP contribution in [0.1, 0.15) is 17.5 Å². The van der Waals surface area contributed by atoms with Crippen LogP contribution in [0.4, 0.5) is 5.69 Å². The highest BCUT2D eigenvalue weighted by atomic mass is 16.4. The molecule has 1 atom stereocenters. The summed E-state index contributed by atoms with van der Waals surface area (Å²) in [6, 6.07) is 18.4. The second-order valence-corrected chi connectivity index (χ2v) is 6.29. The van der Waals surface area contributed by atoms with Crippen LogP contribution in [0.2, 0.25) is 0 Å². The van der Waals surface area contributed by atoms with Gasteiger partial charge in [-0.3, -0.25) is 0 Å². The fourth-order valence-corrected chi connectivity index (χ4v) is 3.18. The van der Waals surface area contributed by atoms with E-state index >= 15 is 0 Å². The summed E-state index contributed by atoms with van der Waals surface area (Å²) in [4.78, 5) is 10.6. The molecule has 3 N–H and O–H groups in total.